The fraction of sp³-hybridized carbons (Fsp3) is 0.182. The van der Waals surface area contributed by atoms with Crippen molar-refractivity contribution in [3.05, 3.63) is 35.4 Å². The van der Waals surface area contributed by atoms with Crippen molar-refractivity contribution in [2.75, 3.05) is 6.26 Å². The van der Waals surface area contributed by atoms with Crippen LogP contribution in [0.2, 0.25) is 0 Å². The van der Waals surface area contributed by atoms with Gasteiger partial charge in [0.05, 0.1) is 6.26 Å². The van der Waals surface area contributed by atoms with Crippen molar-refractivity contribution in [1.29, 1.82) is 0 Å². The second-order valence-electron chi connectivity index (χ2n) is 3.72. The van der Waals surface area contributed by atoms with Crippen molar-refractivity contribution in [3.8, 4) is 5.75 Å². The molecule has 90 valence electrons. The summed E-state index contributed by atoms with van der Waals surface area (Å²) in [5, 5.41) is 8.97. The highest BCUT2D eigenvalue weighted by atomic mass is 32.2. The van der Waals surface area contributed by atoms with E-state index in [0.29, 0.717) is 11.1 Å². The summed E-state index contributed by atoms with van der Waals surface area (Å²) in [6.45, 7) is 0. The van der Waals surface area contributed by atoms with Crippen LogP contribution < -0.4 is 4.18 Å². The average Bonchev–Trinajstić information content (AvgIpc) is 2.59. The molecule has 0 aliphatic heterocycles. The molecule has 1 aromatic carbocycles. The Morgan fingerprint density at radius 3 is 2.71 bits per heavy atom. The van der Waals surface area contributed by atoms with Crippen LogP contribution in [0.4, 0.5) is 0 Å². The van der Waals surface area contributed by atoms with Gasteiger partial charge >= 0.3 is 16.1 Å². The van der Waals surface area contributed by atoms with E-state index in [-0.39, 0.29) is 5.75 Å². The normalized spacial score (nSPS) is 17.8. The maximum Gasteiger partial charge on any atom is 0.314 e. The van der Waals surface area contributed by atoms with Gasteiger partial charge in [0.25, 0.3) is 0 Å². The molecule has 0 bridgehead atoms. The minimum Gasteiger partial charge on any atom is -0.481 e. The maximum atomic E-state index is 11.1. The molecule has 1 aliphatic carbocycles. The number of hydrogen-bond donors (Lipinski definition) is 1. The third-order valence-corrected chi connectivity index (χ3v) is 2.88. The molecule has 1 aliphatic rings. The number of fused-ring (bicyclic) bond motifs is 1. The number of carboxylic acids is 1. The van der Waals surface area contributed by atoms with Gasteiger partial charge in [-0.25, -0.2) is 0 Å². The number of carbonyl (C=O) groups is 1. The first kappa shape index (κ1) is 11.7. The standard InChI is InChI=1S/C11H10O5S/c1-17(14,15)16-10-4-2-3-7-8(10)5-6-9(7)11(12)13/h2-6,9H,1H3,(H,12,13). The topological polar surface area (TPSA) is 80.7 Å². The van der Waals surface area contributed by atoms with E-state index in [1.807, 2.05) is 0 Å². The van der Waals surface area contributed by atoms with Gasteiger partial charge in [-0.3, -0.25) is 4.79 Å². The lowest BCUT2D eigenvalue weighted by molar-refractivity contribution is -0.137. The highest BCUT2D eigenvalue weighted by molar-refractivity contribution is 7.86. The van der Waals surface area contributed by atoms with Crippen molar-refractivity contribution < 1.29 is 22.5 Å². The van der Waals surface area contributed by atoms with Crippen LogP contribution in [-0.2, 0) is 14.9 Å². The molecule has 1 unspecified atom stereocenters. The molecule has 2 rings (SSSR count). The van der Waals surface area contributed by atoms with E-state index in [9.17, 15) is 13.2 Å². The summed E-state index contributed by atoms with van der Waals surface area (Å²) in [5.41, 5.74) is 1.05. The first-order valence-corrected chi connectivity index (χ1v) is 6.63. The molecule has 0 amide bonds. The van der Waals surface area contributed by atoms with E-state index < -0.39 is 22.0 Å². The van der Waals surface area contributed by atoms with E-state index in [0.717, 1.165) is 6.26 Å². The Kier molecular flexibility index (Phi) is 2.66. The van der Waals surface area contributed by atoms with Crippen LogP contribution in [0.5, 0.6) is 5.75 Å². The summed E-state index contributed by atoms with van der Waals surface area (Å²) < 4.78 is 26.9. The number of rotatable bonds is 3. The Labute approximate surface area is 98.5 Å². The zero-order valence-corrected chi connectivity index (χ0v) is 9.77. The first-order chi connectivity index (χ1) is 7.88. The third kappa shape index (κ3) is 2.31. The molecule has 0 aromatic heterocycles. The maximum absolute atomic E-state index is 11.1. The Hall–Kier alpha value is -1.82. The molecule has 0 saturated heterocycles. The van der Waals surface area contributed by atoms with Crippen molar-refractivity contribution in [1.82, 2.24) is 0 Å². The summed E-state index contributed by atoms with van der Waals surface area (Å²) in [5.74, 6) is -1.56. The van der Waals surface area contributed by atoms with Crippen molar-refractivity contribution in [3.63, 3.8) is 0 Å². The summed E-state index contributed by atoms with van der Waals surface area (Å²) in [7, 11) is -3.62. The highest BCUT2D eigenvalue weighted by Gasteiger charge is 2.26. The number of benzene rings is 1. The SMILES string of the molecule is CS(=O)(=O)Oc1cccc2c1C=CC2C(=O)O. The molecule has 0 fully saturated rings. The number of aliphatic carboxylic acids is 1. The van der Waals surface area contributed by atoms with Crippen LogP contribution in [0.15, 0.2) is 24.3 Å². The van der Waals surface area contributed by atoms with E-state index in [2.05, 4.69) is 0 Å². The Balaban J connectivity index is 2.47. The van der Waals surface area contributed by atoms with Crippen LogP contribution in [0.25, 0.3) is 6.08 Å². The molecule has 17 heavy (non-hydrogen) atoms. The first-order valence-electron chi connectivity index (χ1n) is 4.82. The molecule has 5 nitrogen and oxygen atoms in total. The molecule has 1 aromatic rings. The number of hydrogen-bond acceptors (Lipinski definition) is 4. The summed E-state index contributed by atoms with van der Waals surface area (Å²) >= 11 is 0. The van der Waals surface area contributed by atoms with Gasteiger partial charge in [-0.15, -0.1) is 0 Å². The smallest absolute Gasteiger partial charge is 0.314 e. The van der Waals surface area contributed by atoms with Gasteiger partial charge in [-0.1, -0.05) is 24.3 Å². The van der Waals surface area contributed by atoms with Gasteiger partial charge in [-0.05, 0) is 11.6 Å². The molecule has 1 N–H and O–H groups in total. The van der Waals surface area contributed by atoms with Crippen LogP contribution in [-0.4, -0.2) is 25.7 Å². The fourth-order valence-corrected chi connectivity index (χ4v) is 2.23. The molecule has 0 radical (unpaired) electrons. The Bertz CT molecular complexity index is 600. The van der Waals surface area contributed by atoms with Crippen LogP contribution in [0.3, 0.4) is 0 Å². The van der Waals surface area contributed by atoms with Crippen molar-refractivity contribution in [2.45, 2.75) is 5.92 Å². The molecule has 0 spiro atoms. The van der Waals surface area contributed by atoms with Gasteiger partial charge in [0, 0.05) is 5.56 Å². The zero-order valence-electron chi connectivity index (χ0n) is 8.95. The Morgan fingerprint density at radius 1 is 1.41 bits per heavy atom. The Morgan fingerprint density at radius 2 is 2.12 bits per heavy atom. The van der Waals surface area contributed by atoms with Crippen molar-refractivity contribution in [2.24, 2.45) is 0 Å². The van der Waals surface area contributed by atoms with E-state index >= 15 is 0 Å². The fourth-order valence-electron chi connectivity index (χ4n) is 1.76. The van der Waals surface area contributed by atoms with Gasteiger partial charge in [0.2, 0.25) is 0 Å². The quantitative estimate of drug-likeness (QED) is 0.820. The van der Waals surface area contributed by atoms with Crippen LogP contribution in [0.1, 0.15) is 17.0 Å². The van der Waals surface area contributed by atoms with Gasteiger partial charge < -0.3 is 9.29 Å². The highest BCUT2D eigenvalue weighted by Crippen LogP contribution is 2.36. The van der Waals surface area contributed by atoms with E-state index in [4.69, 9.17) is 9.29 Å². The predicted molar refractivity (Wildman–Crippen MR) is 61.3 cm³/mol. The third-order valence-electron chi connectivity index (χ3n) is 2.40. The van der Waals surface area contributed by atoms with Crippen LogP contribution >= 0.6 is 0 Å². The lowest BCUT2D eigenvalue weighted by Gasteiger charge is -2.09. The summed E-state index contributed by atoms with van der Waals surface area (Å²) in [4.78, 5) is 11.0. The van der Waals surface area contributed by atoms with Gasteiger partial charge in [0.15, 0.2) is 0 Å². The largest absolute Gasteiger partial charge is 0.481 e. The monoisotopic (exact) mass is 254 g/mol. The van der Waals surface area contributed by atoms with E-state index in [1.54, 1.807) is 18.2 Å². The average molecular weight is 254 g/mol. The second kappa shape index (κ2) is 3.89. The van der Waals surface area contributed by atoms with Crippen LogP contribution in [0, 0.1) is 0 Å². The zero-order chi connectivity index (χ0) is 12.6. The molecule has 6 heteroatoms. The minimum absolute atomic E-state index is 0.157. The second-order valence-corrected chi connectivity index (χ2v) is 5.30. The number of carboxylic acid groups (broad SMARTS) is 1. The van der Waals surface area contributed by atoms with E-state index in [1.165, 1.54) is 12.1 Å². The molecular weight excluding hydrogens is 244 g/mol. The van der Waals surface area contributed by atoms with Crippen molar-refractivity contribution >= 4 is 22.2 Å². The molecular formula is C11H10O5S. The molecule has 0 heterocycles. The summed E-state index contributed by atoms with van der Waals surface area (Å²) in [6, 6.07) is 4.71. The summed E-state index contributed by atoms with van der Waals surface area (Å²) in [6.07, 6.45) is 4.01. The lowest BCUT2D eigenvalue weighted by atomic mass is 10.0. The van der Waals surface area contributed by atoms with Gasteiger partial charge in [0.1, 0.15) is 11.7 Å². The lowest BCUT2D eigenvalue weighted by Crippen LogP contribution is -2.09. The molecule has 0 saturated carbocycles. The predicted octanol–water partition coefficient (Wildman–Crippen LogP) is 1.22. The van der Waals surface area contributed by atoms with Gasteiger partial charge in [-0.2, -0.15) is 8.42 Å². The minimum atomic E-state index is -3.62. The molecule has 1 atom stereocenters.